The van der Waals surface area contributed by atoms with E-state index >= 15 is 0 Å². The second-order valence-electron chi connectivity index (χ2n) is 6.14. The molecule has 2 aromatic carbocycles. The number of methoxy groups -OCH3 is 1. The van der Waals surface area contributed by atoms with Crippen LogP contribution in [0.5, 0.6) is 11.5 Å². The Bertz CT molecular complexity index is 1280. The molecule has 0 saturated heterocycles. The summed E-state index contributed by atoms with van der Waals surface area (Å²) in [5.74, 6) is -0.991. The molecule has 0 aliphatic rings. The predicted octanol–water partition coefficient (Wildman–Crippen LogP) is 4.53. The van der Waals surface area contributed by atoms with Crippen LogP contribution in [-0.2, 0) is 7.05 Å². The van der Waals surface area contributed by atoms with Crippen molar-refractivity contribution in [3.8, 4) is 11.5 Å². The number of anilines is 2. The van der Waals surface area contributed by atoms with Crippen LogP contribution in [0.25, 0.3) is 21.3 Å². The quantitative estimate of drug-likeness (QED) is 0.472. The number of carbonyl (C=O) groups is 1. The van der Waals surface area contributed by atoms with Gasteiger partial charge in [-0.25, -0.2) is 14.8 Å². The molecular formula is C18H13F3N4O4S. The van der Waals surface area contributed by atoms with Crippen LogP contribution in [0.1, 0.15) is 10.4 Å². The van der Waals surface area contributed by atoms with E-state index in [0.29, 0.717) is 32.3 Å². The number of imidazole rings is 1. The molecule has 12 heteroatoms. The molecule has 0 aliphatic carbocycles. The molecule has 0 unspecified atom stereocenters. The van der Waals surface area contributed by atoms with Crippen molar-refractivity contribution >= 4 is 49.6 Å². The normalized spacial score (nSPS) is 11.8. The third-order valence-electron chi connectivity index (χ3n) is 4.25. The van der Waals surface area contributed by atoms with E-state index in [4.69, 9.17) is 4.74 Å². The number of aryl methyl sites for hydroxylation is 1. The number of thiazole rings is 1. The number of ether oxygens (including phenoxy) is 2. The third kappa shape index (κ3) is 3.56. The van der Waals surface area contributed by atoms with E-state index in [2.05, 4.69) is 20.0 Å². The number of benzene rings is 2. The maximum Gasteiger partial charge on any atom is 0.573 e. The zero-order valence-electron chi connectivity index (χ0n) is 15.4. The van der Waals surface area contributed by atoms with Crippen molar-refractivity contribution in [1.82, 2.24) is 14.5 Å². The van der Waals surface area contributed by atoms with E-state index in [9.17, 15) is 23.1 Å². The van der Waals surface area contributed by atoms with Gasteiger partial charge in [0, 0.05) is 13.1 Å². The summed E-state index contributed by atoms with van der Waals surface area (Å²) in [6.07, 6.45) is -4.78. The average Bonchev–Trinajstić information content (AvgIpc) is 3.20. The Kier molecular flexibility index (Phi) is 4.65. The number of alkyl halides is 3. The van der Waals surface area contributed by atoms with Crippen LogP contribution in [-0.4, -0.2) is 39.1 Å². The smallest absolute Gasteiger partial charge is 0.493 e. The summed E-state index contributed by atoms with van der Waals surface area (Å²) in [5, 5.41) is 12.7. The summed E-state index contributed by atoms with van der Waals surface area (Å²) in [6, 6.07) is 6.90. The molecule has 0 saturated carbocycles. The number of nitrogens with zero attached hydrogens (tertiary/aromatic N) is 3. The predicted molar refractivity (Wildman–Crippen MR) is 104 cm³/mol. The van der Waals surface area contributed by atoms with E-state index in [1.807, 2.05) is 0 Å². The number of hydrogen-bond acceptors (Lipinski definition) is 7. The molecule has 0 bridgehead atoms. The van der Waals surface area contributed by atoms with Gasteiger partial charge in [-0.05, 0) is 24.3 Å². The minimum absolute atomic E-state index is 0.0215. The number of aromatic nitrogens is 3. The first-order valence-corrected chi connectivity index (χ1v) is 9.18. The molecule has 0 atom stereocenters. The first-order chi connectivity index (χ1) is 14.2. The minimum Gasteiger partial charge on any atom is -0.493 e. The molecule has 30 heavy (non-hydrogen) atoms. The van der Waals surface area contributed by atoms with Crippen molar-refractivity contribution in [3.63, 3.8) is 0 Å². The topological polar surface area (TPSA) is 98.5 Å². The van der Waals surface area contributed by atoms with Crippen molar-refractivity contribution in [2.24, 2.45) is 7.05 Å². The Morgan fingerprint density at radius 3 is 2.67 bits per heavy atom. The number of aromatic carboxylic acids is 1. The van der Waals surface area contributed by atoms with E-state index in [0.717, 1.165) is 11.3 Å². The van der Waals surface area contributed by atoms with Crippen LogP contribution in [0.2, 0.25) is 0 Å². The zero-order chi connectivity index (χ0) is 21.6. The van der Waals surface area contributed by atoms with Gasteiger partial charge in [0.25, 0.3) is 0 Å². The Balaban J connectivity index is 1.71. The van der Waals surface area contributed by atoms with Gasteiger partial charge < -0.3 is 24.5 Å². The Labute approximate surface area is 170 Å². The molecule has 2 aromatic heterocycles. The van der Waals surface area contributed by atoms with Crippen molar-refractivity contribution in [3.05, 3.63) is 35.9 Å². The SMILES string of the molecule is COc1c(C(=O)O)ccc2c1nc(Nc1nc3ccc(OC(F)(F)F)cc3s1)n2C. The monoisotopic (exact) mass is 438 g/mol. The zero-order valence-corrected chi connectivity index (χ0v) is 16.3. The fourth-order valence-electron chi connectivity index (χ4n) is 2.97. The highest BCUT2D eigenvalue weighted by molar-refractivity contribution is 7.22. The molecule has 4 rings (SSSR count). The summed E-state index contributed by atoms with van der Waals surface area (Å²) in [4.78, 5) is 20.2. The largest absolute Gasteiger partial charge is 0.573 e. The fourth-order valence-corrected chi connectivity index (χ4v) is 3.86. The van der Waals surface area contributed by atoms with Crippen LogP contribution in [0, 0.1) is 0 Å². The molecule has 2 heterocycles. The number of nitrogens with one attached hydrogen (secondary N) is 1. The van der Waals surface area contributed by atoms with E-state index < -0.39 is 12.3 Å². The Morgan fingerprint density at radius 1 is 1.23 bits per heavy atom. The van der Waals surface area contributed by atoms with Gasteiger partial charge in [0.2, 0.25) is 5.95 Å². The number of rotatable bonds is 5. The van der Waals surface area contributed by atoms with Crippen molar-refractivity contribution in [1.29, 1.82) is 0 Å². The summed E-state index contributed by atoms with van der Waals surface area (Å²) < 4.78 is 48.6. The maximum atomic E-state index is 12.4. The molecule has 2 N–H and O–H groups in total. The first-order valence-electron chi connectivity index (χ1n) is 8.36. The molecule has 8 nitrogen and oxygen atoms in total. The van der Waals surface area contributed by atoms with Crippen LogP contribution in [0.4, 0.5) is 24.3 Å². The minimum atomic E-state index is -4.78. The van der Waals surface area contributed by atoms with Gasteiger partial charge in [-0.15, -0.1) is 13.2 Å². The molecular weight excluding hydrogens is 425 g/mol. The number of fused-ring (bicyclic) bond motifs is 2. The molecule has 0 radical (unpaired) electrons. The second kappa shape index (κ2) is 7.06. The van der Waals surface area contributed by atoms with E-state index in [1.165, 1.54) is 31.4 Å². The Hall–Kier alpha value is -3.54. The van der Waals surface area contributed by atoms with Gasteiger partial charge in [0.1, 0.15) is 16.8 Å². The number of hydrogen-bond donors (Lipinski definition) is 2. The van der Waals surface area contributed by atoms with Crippen molar-refractivity contribution in [2.75, 3.05) is 12.4 Å². The molecule has 0 fully saturated rings. The van der Waals surface area contributed by atoms with Crippen molar-refractivity contribution < 1.29 is 32.5 Å². The van der Waals surface area contributed by atoms with Crippen LogP contribution in [0.3, 0.4) is 0 Å². The number of halogens is 3. The lowest BCUT2D eigenvalue weighted by molar-refractivity contribution is -0.274. The van der Waals surface area contributed by atoms with Gasteiger partial charge in [-0.2, -0.15) is 0 Å². The highest BCUT2D eigenvalue weighted by Gasteiger charge is 2.31. The lowest BCUT2D eigenvalue weighted by Crippen LogP contribution is -2.16. The number of carboxylic acids is 1. The highest BCUT2D eigenvalue weighted by atomic mass is 32.1. The van der Waals surface area contributed by atoms with Crippen LogP contribution in [0.15, 0.2) is 30.3 Å². The first kappa shape index (κ1) is 19.8. The summed E-state index contributed by atoms with van der Waals surface area (Å²) in [7, 11) is 3.08. The lowest BCUT2D eigenvalue weighted by atomic mass is 10.1. The second-order valence-corrected chi connectivity index (χ2v) is 7.17. The highest BCUT2D eigenvalue weighted by Crippen LogP contribution is 2.35. The third-order valence-corrected chi connectivity index (χ3v) is 5.19. The van der Waals surface area contributed by atoms with Gasteiger partial charge in [0.15, 0.2) is 10.9 Å². The fraction of sp³-hybridized carbons (Fsp3) is 0.167. The van der Waals surface area contributed by atoms with Crippen LogP contribution >= 0.6 is 11.3 Å². The maximum absolute atomic E-state index is 12.4. The van der Waals surface area contributed by atoms with Gasteiger partial charge in [-0.1, -0.05) is 11.3 Å². The molecule has 156 valence electrons. The van der Waals surface area contributed by atoms with E-state index in [-0.39, 0.29) is 17.1 Å². The average molecular weight is 438 g/mol. The standard InChI is InChI=1S/C18H13F3N4O4S/c1-25-11-6-4-9(15(26)27)14(28-2)13(11)23-16(25)24-17-22-10-5-3-8(7-12(10)30-17)29-18(19,20)21/h3-7H,1-2H3,(H,26,27)(H,22,23,24). The molecule has 0 spiro atoms. The number of carboxylic acid groups (broad SMARTS) is 1. The lowest BCUT2D eigenvalue weighted by Gasteiger charge is -2.07. The molecule has 0 amide bonds. The summed E-state index contributed by atoms with van der Waals surface area (Å²) in [5.41, 5.74) is 1.44. The van der Waals surface area contributed by atoms with Crippen molar-refractivity contribution in [2.45, 2.75) is 6.36 Å². The Morgan fingerprint density at radius 2 is 2.00 bits per heavy atom. The molecule has 0 aliphatic heterocycles. The van der Waals surface area contributed by atoms with Gasteiger partial charge in [0.05, 0.1) is 22.8 Å². The molecule has 4 aromatic rings. The summed E-state index contributed by atoms with van der Waals surface area (Å²) in [6.45, 7) is 0. The van der Waals surface area contributed by atoms with Crippen LogP contribution < -0.4 is 14.8 Å². The van der Waals surface area contributed by atoms with E-state index in [1.54, 1.807) is 17.7 Å². The van der Waals surface area contributed by atoms with Gasteiger partial charge in [-0.3, -0.25) is 0 Å². The summed E-state index contributed by atoms with van der Waals surface area (Å²) >= 11 is 1.12. The van der Waals surface area contributed by atoms with Gasteiger partial charge >= 0.3 is 12.3 Å².